The van der Waals surface area contributed by atoms with E-state index < -0.39 is 0 Å². The molecule has 0 aromatic carbocycles. The van der Waals surface area contributed by atoms with Gasteiger partial charge in [-0.15, -0.1) is 0 Å². The quantitative estimate of drug-likeness (QED) is 0.763. The van der Waals surface area contributed by atoms with Crippen LogP contribution in [0.25, 0.3) is 11.4 Å². The molecule has 2 rings (SSSR count). The molecule has 0 bridgehead atoms. The lowest BCUT2D eigenvalue weighted by Crippen LogP contribution is -2.13. The van der Waals surface area contributed by atoms with Crippen LogP contribution in [0, 0.1) is 0 Å². The van der Waals surface area contributed by atoms with E-state index in [9.17, 15) is 4.79 Å². The van der Waals surface area contributed by atoms with Gasteiger partial charge in [-0.05, 0) is 18.4 Å². The highest BCUT2D eigenvalue weighted by molar-refractivity contribution is 7.98. The van der Waals surface area contributed by atoms with E-state index in [1.165, 1.54) is 11.8 Å². The average molecular weight is 220 g/mol. The molecule has 76 valence electrons. The normalized spacial score (nSPS) is 10.2. The van der Waals surface area contributed by atoms with Gasteiger partial charge in [-0.1, -0.05) is 11.8 Å². The summed E-state index contributed by atoms with van der Waals surface area (Å²) in [7, 11) is 0. The number of H-pyrrole nitrogens is 1. The van der Waals surface area contributed by atoms with E-state index in [1.807, 2.05) is 6.26 Å². The van der Waals surface area contributed by atoms with Crippen molar-refractivity contribution in [3.8, 4) is 11.4 Å². The van der Waals surface area contributed by atoms with Crippen molar-refractivity contribution in [1.82, 2.24) is 19.9 Å². The van der Waals surface area contributed by atoms with Gasteiger partial charge in [-0.25, -0.2) is 9.78 Å². The molecule has 0 atom stereocenters. The molecule has 0 amide bonds. The van der Waals surface area contributed by atoms with Crippen molar-refractivity contribution in [2.24, 2.45) is 0 Å². The third kappa shape index (κ3) is 2.21. The van der Waals surface area contributed by atoms with Crippen LogP contribution in [0.3, 0.4) is 0 Å². The van der Waals surface area contributed by atoms with Crippen LogP contribution >= 0.6 is 11.8 Å². The molecular formula is C9H8N4OS. The van der Waals surface area contributed by atoms with Gasteiger partial charge in [0.25, 0.3) is 0 Å². The average Bonchev–Trinajstić information content (AvgIpc) is 2.29. The Kier molecular flexibility index (Phi) is 2.77. The van der Waals surface area contributed by atoms with Crippen molar-refractivity contribution in [1.29, 1.82) is 0 Å². The van der Waals surface area contributed by atoms with E-state index in [0.717, 1.165) is 5.56 Å². The molecule has 0 spiro atoms. The van der Waals surface area contributed by atoms with Gasteiger partial charge in [-0.3, -0.25) is 9.97 Å². The summed E-state index contributed by atoms with van der Waals surface area (Å²) >= 11 is 1.37. The van der Waals surface area contributed by atoms with Crippen molar-refractivity contribution < 1.29 is 0 Å². The van der Waals surface area contributed by atoms with Gasteiger partial charge in [0, 0.05) is 18.0 Å². The second kappa shape index (κ2) is 4.22. The first-order valence-corrected chi connectivity index (χ1v) is 5.45. The van der Waals surface area contributed by atoms with Crippen LogP contribution in [0.15, 0.2) is 34.5 Å². The molecule has 2 aromatic rings. The van der Waals surface area contributed by atoms with Crippen molar-refractivity contribution in [2.75, 3.05) is 6.26 Å². The van der Waals surface area contributed by atoms with E-state index in [0.29, 0.717) is 11.0 Å². The van der Waals surface area contributed by atoms with Gasteiger partial charge < -0.3 is 0 Å². The van der Waals surface area contributed by atoms with Gasteiger partial charge in [0.15, 0.2) is 11.0 Å². The molecule has 0 saturated carbocycles. The minimum atomic E-state index is -0.388. The third-order valence-corrected chi connectivity index (χ3v) is 2.34. The summed E-state index contributed by atoms with van der Waals surface area (Å²) in [5.41, 5.74) is 0.396. The summed E-state index contributed by atoms with van der Waals surface area (Å²) in [6.07, 6.45) is 5.12. The first-order valence-electron chi connectivity index (χ1n) is 4.22. The third-order valence-electron chi connectivity index (χ3n) is 1.76. The number of hydrogen-bond donors (Lipinski definition) is 1. The zero-order chi connectivity index (χ0) is 10.7. The maximum Gasteiger partial charge on any atom is 0.349 e. The first kappa shape index (κ1) is 9.85. The van der Waals surface area contributed by atoms with Crippen LogP contribution in [0.1, 0.15) is 0 Å². The molecule has 6 heteroatoms. The topological polar surface area (TPSA) is 71.5 Å². The summed E-state index contributed by atoms with van der Waals surface area (Å²) in [5.74, 6) is 0.422. The maximum absolute atomic E-state index is 11.2. The predicted octanol–water partition coefficient (Wildman–Crippen LogP) is 0.949. The Balaban J connectivity index is 2.54. The van der Waals surface area contributed by atoms with E-state index >= 15 is 0 Å². The molecule has 15 heavy (non-hydrogen) atoms. The van der Waals surface area contributed by atoms with E-state index in [-0.39, 0.29) is 5.69 Å². The fourth-order valence-corrected chi connectivity index (χ4v) is 1.46. The van der Waals surface area contributed by atoms with E-state index in [2.05, 4.69) is 19.9 Å². The lowest BCUT2D eigenvalue weighted by molar-refractivity contribution is 0.871. The zero-order valence-corrected chi connectivity index (χ0v) is 8.78. The molecule has 0 saturated heterocycles. The number of nitrogens with one attached hydrogen (secondary N) is 1. The van der Waals surface area contributed by atoms with E-state index in [4.69, 9.17) is 0 Å². The fourth-order valence-electron chi connectivity index (χ4n) is 1.09. The molecule has 5 nitrogen and oxygen atoms in total. The van der Waals surface area contributed by atoms with Crippen LogP contribution < -0.4 is 5.69 Å². The number of rotatable bonds is 2. The molecule has 0 aliphatic heterocycles. The zero-order valence-electron chi connectivity index (χ0n) is 7.97. The molecule has 0 radical (unpaired) electrons. The van der Waals surface area contributed by atoms with Crippen molar-refractivity contribution >= 4 is 11.8 Å². The number of hydrogen-bond acceptors (Lipinski definition) is 5. The predicted molar refractivity (Wildman–Crippen MR) is 57.7 cm³/mol. The summed E-state index contributed by atoms with van der Waals surface area (Å²) in [4.78, 5) is 25.6. The highest BCUT2D eigenvalue weighted by Gasteiger charge is 2.03. The molecule has 2 aromatic heterocycles. The molecule has 0 unspecified atom stereocenters. The Morgan fingerprint density at radius 2 is 2.00 bits per heavy atom. The lowest BCUT2D eigenvalue weighted by atomic mass is 10.2. The number of aromatic amines is 1. The number of aromatic nitrogens is 4. The van der Waals surface area contributed by atoms with Crippen molar-refractivity contribution in [3.63, 3.8) is 0 Å². The second-order valence-electron chi connectivity index (χ2n) is 2.72. The van der Waals surface area contributed by atoms with Crippen LogP contribution in [0.4, 0.5) is 0 Å². The number of pyridine rings is 1. The minimum absolute atomic E-state index is 0.388. The fraction of sp³-hybridized carbons (Fsp3) is 0.111. The maximum atomic E-state index is 11.2. The molecular weight excluding hydrogens is 212 g/mol. The van der Waals surface area contributed by atoms with Crippen molar-refractivity contribution in [2.45, 2.75) is 5.16 Å². The Morgan fingerprint density at radius 1 is 1.27 bits per heavy atom. The van der Waals surface area contributed by atoms with Crippen LogP contribution in [0.5, 0.6) is 0 Å². The highest BCUT2D eigenvalue weighted by atomic mass is 32.2. The highest BCUT2D eigenvalue weighted by Crippen LogP contribution is 2.13. The Hall–Kier alpha value is -1.69. The van der Waals surface area contributed by atoms with Crippen LogP contribution in [0.2, 0.25) is 0 Å². The molecule has 0 aliphatic carbocycles. The summed E-state index contributed by atoms with van der Waals surface area (Å²) in [5, 5.41) is 0.557. The van der Waals surface area contributed by atoms with Gasteiger partial charge >= 0.3 is 5.69 Å². The SMILES string of the molecule is CSc1nc(-c2ccncc2)nc(=O)[nH]1. The Morgan fingerprint density at radius 3 is 2.67 bits per heavy atom. The molecule has 0 fully saturated rings. The summed E-state index contributed by atoms with van der Waals surface area (Å²) in [6.45, 7) is 0. The number of thioether (sulfide) groups is 1. The minimum Gasteiger partial charge on any atom is -0.285 e. The van der Waals surface area contributed by atoms with Gasteiger partial charge in [-0.2, -0.15) is 4.98 Å². The second-order valence-corrected chi connectivity index (χ2v) is 3.52. The summed E-state index contributed by atoms with van der Waals surface area (Å²) < 4.78 is 0. The van der Waals surface area contributed by atoms with Crippen LogP contribution in [-0.4, -0.2) is 26.2 Å². The van der Waals surface area contributed by atoms with E-state index in [1.54, 1.807) is 24.5 Å². The largest absolute Gasteiger partial charge is 0.349 e. The molecule has 2 heterocycles. The molecule has 0 aliphatic rings. The summed E-state index contributed by atoms with van der Waals surface area (Å²) in [6, 6.07) is 3.53. The smallest absolute Gasteiger partial charge is 0.285 e. The monoisotopic (exact) mass is 220 g/mol. The Bertz CT molecular complexity index is 511. The number of nitrogens with zero attached hydrogens (tertiary/aromatic N) is 3. The Labute approximate surface area is 90.0 Å². The van der Waals surface area contributed by atoms with Gasteiger partial charge in [0.05, 0.1) is 0 Å². The van der Waals surface area contributed by atoms with Crippen molar-refractivity contribution in [3.05, 3.63) is 35.0 Å². The standard InChI is InChI=1S/C9H8N4OS/c1-15-9-12-7(11-8(14)13-9)6-2-4-10-5-3-6/h2-5H,1H3,(H,11,12,13,14). The first-order chi connectivity index (χ1) is 7.29. The van der Waals surface area contributed by atoms with Crippen LogP contribution in [-0.2, 0) is 0 Å². The molecule has 1 N–H and O–H groups in total. The van der Waals surface area contributed by atoms with Gasteiger partial charge in [0.1, 0.15) is 0 Å². The lowest BCUT2D eigenvalue weighted by Gasteiger charge is -1.99. The van der Waals surface area contributed by atoms with Gasteiger partial charge in [0.2, 0.25) is 0 Å².